The van der Waals surface area contributed by atoms with Crippen molar-refractivity contribution in [3.05, 3.63) is 29.3 Å². The van der Waals surface area contributed by atoms with Crippen LogP contribution < -0.4 is 16.0 Å². The molecule has 6 heteroatoms. The smallest absolute Gasteiger partial charge is 0.242 e. The van der Waals surface area contributed by atoms with Crippen LogP contribution in [-0.2, 0) is 21.4 Å². The highest BCUT2D eigenvalue weighted by molar-refractivity contribution is 5.90. The molecule has 1 aromatic carbocycles. The van der Waals surface area contributed by atoms with Crippen molar-refractivity contribution in [1.82, 2.24) is 16.0 Å². The molecular formula is C20H33N3O3. The predicted molar refractivity (Wildman–Crippen MR) is 104 cm³/mol. The molecule has 146 valence electrons. The lowest BCUT2D eigenvalue weighted by Gasteiger charge is -2.25. The van der Waals surface area contributed by atoms with Gasteiger partial charge in [-0.3, -0.25) is 9.59 Å². The van der Waals surface area contributed by atoms with E-state index in [4.69, 9.17) is 0 Å². The Morgan fingerprint density at radius 2 is 1.73 bits per heavy atom. The summed E-state index contributed by atoms with van der Waals surface area (Å²) in [6.07, 6.45) is 0.350. The number of aromatic hydroxyl groups is 1. The van der Waals surface area contributed by atoms with Crippen LogP contribution in [-0.4, -0.2) is 43.1 Å². The third-order valence-corrected chi connectivity index (χ3v) is 4.45. The Balaban J connectivity index is 3.06. The van der Waals surface area contributed by atoms with E-state index in [0.29, 0.717) is 6.42 Å². The first kappa shape index (κ1) is 22.0. The van der Waals surface area contributed by atoms with Crippen LogP contribution in [0.1, 0.15) is 45.7 Å². The fraction of sp³-hybridized carbons (Fsp3) is 0.600. The van der Waals surface area contributed by atoms with Gasteiger partial charge in [-0.25, -0.2) is 0 Å². The molecule has 0 spiro atoms. The van der Waals surface area contributed by atoms with Crippen molar-refractivity contribution in [2.75, 3.05) is 14.1 Å². The van der Waals surface area contributed by atoms with Gasteiger partial charge in [-0.2, -0.15) is 0 Å². The molecular weight excluding hydrogens is 330 g/mol. The van der Waals surface area contributed by atoms with E-state index in [-0.39, 0.29) is 34.9 Å². The Labute approximate surface area is 156 Å². The largest absolute Gasteiger partial charge is 0.508 e. The SMILES string of the molecule is CNC(=O)[C@H](Cc1ccc(O)c(C(C)(C)C)c1)NC(=O)[C@@H](NC)C(C)C. The molecule has 0 saturated carbocycles. The summed E-state index contributed by atoms with van der Waals surface area (Å²) in [5.41, 5.74) is 1.47. The number of benzene rings is 1. The Hall–Kier alpha value is -2.08. The summed E-state index contributed by atoms with van der Waals surface area (Å²) in [6, 6.07) is 4.27. The minimum Gasteiger partial charge on any atom is -0.508 e. The number of carbonyl (C=O) groups is 2. The molecule has 26 heavy (non-hydrogen) atoms. The molecule has 4 N–H and O–H groups in total. The average Bonchev–Trinajstić information content (AvgIpc) is 2.54. The minimum atomic E-state index is -0.681. The maximum Gasteiger partial charge on any atom is 0.242 e. The summed E-state index contributed by atoms with van der Waals surface area (Å²) in [5, 5.41) is 18.6. The van der Waals surface area contributed by atoms with E-state index >= 15 is 0 Å². The van der Waals surface area contributed by atoms with Gasteiger partial charge >= 0.3 is 0 Å². The molecule has 0 heterocycles. The Kier molecular flexibility index (Phi) is 7.63. The van der Waals surface area contributed by atoms with Gasteiger partial charge in [0.15, 0.2) is 0 Å². The summed E-state index contributed by atoms with van der Waals surface area (Å²) in [7, 11) is 3.28. The van der Waals surface area contributed by atoms with Crippen LogP contribution in [0.3, 0.4) is 0 Å². The van der Waals surface area contributed by atoms with E-state index < -0.39 is 6.04 Å². The molecule has 1 rings (SSSR count). The van der Waals surface area contributed by atoms with Gasteiger partial charge in [0.25, 0.3) is 0 Å². The molecule has 0 radical (unpaired) electrons. The summed E-state index contributed by atoms with van der Waals surface area (Å²) < 4.78 is 0. The summed E-state index contributed by atoms with van der Waals surface area (Å²) >= 11 is 0. The molecule has 0 aliphatic heterocycles. The van der Waals surface area contributed by atoms with Gasteiger partial charge in [0.1, 0.15) is 11.8 Å². The lowest BCUT2D eigenvalue weighted by Crippen LogP contribution is -2.54. The zero-order chi connectivity index (χ0) is 20.1. The first-order valence-electron chi connectivity index (χ1n) is 9.02. The maximum atomic E-state index is 12.5. The second-order valence-electron chi connectivity index (χ2n) is 7.99. The van der Waals surface area contributed by atoms with E-state index in [1.165, 1.54) is 0 Å². The van der Waals surface area contributed by atoms with Crippen LogP contribution >= 0.6 is 0 Å². The number of phenolic OH excluding ortho intramolecular Hbond substituents is 1. The highest BCUT2D eigenvalue weighted by Crippen LogP contribution is 2.31. The Morgan fingerprint density at radius 3 is 2.19 bits per heavy atom. The average molecular weight is 364 g/mol. The van der Waals surface area contributed by atoms with Gasteiger partial charge < -0.3 is 21.1 Å². The van der Waals surface area contributed by atoms with Crippen molar-refractivity contribution in [3.8, 4) is 5.75 Å². The molecule has 0 fully saturated rings. The van der Waals surface area contributed by atoms with Crippen LogP contribution in [0.25, 0.3) is 0 Å². The third kappa shape index (κ3) is 5.73. The quantitative estimate of drug-likeness (QED) is 0.594. The van der Waals surface area contributed by atoms with Crippen molar-refractivity contribution in [2.24, 2.45) is 5.92 Å². The molecule has 0 aliphatic rings. The molecule has 0 bridgehead atoms. The van der Waals surface area contributed by atoms with Crippen molar-refractivity contribution in [1.29, 1.82) is 0 Å². The van der Waals surface area contributed by atoms with Gasteiger partial charge in [-0.1, -0.05) is 46.8 Å². The van der Waals surface area contributed by atoms with Gasteiger partial charge in [-0.05, 0) is 35.6 Å². The maximum absolute atomic E-state index is 12.5. The molecule has 0 aliphatic carbocycles. The van der Waals surface area contributed by atoms with Crippen molar-refractivity contribution < 1.29 is 14.7 Å². The number of likely N-dealkylation sites (N-methyl/N-ethyl adjacent to an activating group) is 2. The molecule has 0 saturated heterocycles. The Bertz CT molecular complexity index is 636. The van der Waals surface area contributed by atoms with E-state index in [1.807, 2.05) is 40.7 Å². The molecule has 0 aromatic heterocycles. The van der Waals surface area contributed by atoms with Crippen LogP contribution in [0.5, 0.6) is 5.75 Å². The topological polar surface area (TPSA) is 90.5 Å². The zero-order valence-electron chi connectivity index (χ0n) is 16.9. The van der Waals surface area contributed by atoms with Crippen LogP contribution in [0.4, 0.5) is 0 Å². The van der Waals surface area contributed by atoms with E-state index in [1.54, 1.807) is 26.2 Å². The van der Waals surface area contributed by atoms with E-state index in [9.17, 15) is 14.7 Å². The van der Waals surface area contributed by atoms with Gasteiger partial charge in [0.2, 0.25) is 11.8 Å². The Morgan fingerprint density at radius 1 is 1.12 bits per heavy atom. The normalized spacial score (nSPS) is 14.0. The summed E-state index contributed by atoms with van der Waals surface area (Å²) in [5.74, 6) is -0.114. The number of hydrogen-bond donors (Lipinski definition) is 4. The third-order valence-electron chi connectivity index (χ3n) is 4.45. The van der Waals surface area contributed by atoms with Crippen molar-refractivity contribution in [3.63, 3.8) is 0 Å². The fourth-order valence-electron chi connectivity index (χ4n) is 2.96. The fourth-order valence-corrected chi connectivity index (χ4v) is 2.96. The second kappa shape index (κ2) is 9.03. The molecule has 0 unspecified atom stereocenters. The number of rotatable bonds is 7. The van der Waals surface area contributed by atoms with Crippen LogP contribution in [0.15, 0.2) is 18.2 Å². The summed E-state index contributed by atoms with van der Waals surface area (Å²) in [6.45, 7) is 9.95. The van der Waals surface area contributed by atoms with Crippen molar-refractivity contribution >= 4 is 11.8 Å². The minimum absolute atomic E-state index is 0.103. The number of carbonyl (C=O) groups excluding carboxylic acids is 2. The standard InChI is InChI=1S/C20H33N3O3/c1-12(2)17(21-6)19(26)23-15(18(25)22-7)11-13-8-9-16(24)14(10-13)20(3,4)5/h8-10,12,15,17,21,24H,11H2,1-7H3,(H,22,25)(H,23,26)/t15-,17-/m0/s1. The first-order valence-corrected chi connectivity index (χ1v) is 9.02. The highest BCUT2D eigenvalue weighted by atomic mass is 16.3. The molecule has 2 amide bonds. The van der Waals surface area contributed by atoms with Gasteiger partial charge in [0.05, 0.1) is 6.04 Å². The molecule has 1 aromatic rings. The van der Waals surface area contributed by atoms with Crippen LogP contribution in [0.2, 0.25) is 0 Å². The highest BCUT2D eigenvalue weighted by Gasteiger charge is 2.27. The van der Waals surface area contributed by atoms with Gasteiger partial charge in [0, 0.05) is 13.5 Å². The summed E-state index contributed by atoms with van der Waals surface area (Å²) in [4.78, 5) is 24.8. The van der Waals surface area contributed by atoms with Crippen molar-refractivity contribution in [2.45, 2.75) is 58.5 Å². The predicted octanol–water partition coefficient (Wildman–Crippen LogP) is 1.71. The first-order chi connectivity index (χ1) is 12.0. The van der Waals surface area contributed by atoms with Gasteiger partial charge in [-0.15, -0.1) is 0 Å². The number of nitrogens with one attached hydrogen (secondary N) is 3. The monoisotopic (exact) mass is 363 g/mol. The van der Waals surface area contributed by atoms with E-state index in [2.05, 4.69) is 16.0 Å². The lowest BCUT2D eigenvalue weighted by atomic mass is 9.84. The number of phenols is 1. The number of amides is 2. The molecule has 2 atom stereocenters. The lowest BCUT2D eigenvalue weighted by molar-refractivity contribution is -0.130. The van der Waals surface area contributed by atoms with E-state index in [0.717, 1.165) is 11.1 Å². The van der Waals surface area contributed by atoms with Crippen LogP contribution in [0, 0.1) is 5.92 Å². The molecule has 6 nitrogen and oxygen atoms in total. The zero-order valence-corrected chi connectivity index (χ0v) is 16.9. The number of hydrogen-bond acceptors (Lipinski definition) is 4. The second-order valence-corrected chi connectivity index (χ2v) is 7.99.